The Morgan fingerprint density at radius 2 is 1.02 bits per heavy atom. The Morgan fingerprint density at radius 3 is 1.66 bits per heavy atom. The van der Waals surface area contributed by atoms with Gasteiger partial charge in [-0.25, -0.2) is 15.0 Å². The number of fused-ring (bicyclic) bond motifs is 6. The van der Waals surface area contributed by atoms with Gasteiger partial charge >= 0.3 is 0 Å². The summed E-state index contributed by atoms with van der Waals surface area (Å²) in [5.74, 6) is 0.979. The highest BCUT2D eigenvalue weighted by atomic mass is 32.1. The number of benzene rings is 7. The second kappa shape index (κ2) is 11.6. The summed E-state index contributed by atoms with van der Waals surface area (Å²) in [4.78, 5) is 14.7. The van der Waals surface area contributed by atoms with E-state index in [1.165, 1.54) is 22.8 Å². The molecule has 50 heavy (non-hydrogen) atoms. The first-order chi connectivity index (χ1) is 29.7. The maximum atomic E-state index is 9.44. The Hall–Kier alpha value is -6.43. The van der Waals surface area contributed by atoms with Gasteiger partial charge in [0.05, 0.1) is 33.2 Å². The number of para-hydroxylation sites is 2. The van der Waals surface area contributed by atoms with Crippen LogP contribution in [-0.4, -0.2) is 19.5 Å². The molecule has 7 aromatic carbocycles. The van der Waals surface area contributed by atoms with Crippen molar-refractivity contribution in [3.05, 3.63) is 170 Å². The highest BCUT2D eigenvalue weighted by molar-refractivity contribution is 7.26. The zero-order valence-corrected chi connectivity index (χ0v) is 26.8. The van der Waals surface area contributed by atoms with Gasteiger partial charge in [0, 0.05) is 58.8 Å². The summed E-state index contributed by atoms with van der Waals surface area (Å²) in [5, 5.41) is 0.307. The monoisotopic (exact) mass is 668 g/mol. The molecular formula is C45H28N4S. The topological polar surface area (TPSA) is 43.6 Å². The molecule has 10 aromatic rings. The molecule has 5 heteroatoms. The number of hydrogen-bond acceptors (Lipinski definition) is 4. The third-order valence-electron chi connectivity index (χ3n) is 8.58. The fourth-order valence-corrected chi connectivity index (χ4v) is 7.42. The maximum absolute atomic E-state index is 9.44. The fourth-order valence-electron chi connectivity index (χ4n) is 6.32. The quantitative estimate of drug-likeness (QED) is 0.183. The molecule has 0 aliphatic heterocycles. The van der Waals surface area contributed by atoms with Crippen molar-refractivity contribution < 1.29 is 16.4 Å². The fraction of sp³-hybridized carbons (Fsp3) is 0. The first-order valence-corrected chi connectivity index (χ1v) is 16.5. The van der Waals surface area contributed by atoms with Gasteiger partial charge in [-0.2, -0.15) is 0 Å². The molecule has 0 aliphatic carbocycles. The third-order valence-corrected chi connectivity index (χ3v) is 9.71. The number of hydrogen-bond donors (Lipinski definition) is 0. The van der Waals surface area contributed by atoms with Crippen LogP contribution in [0.3, 0.4) is 0 Å². The molecule has 0 unspecified atom stereocenters. The van der Waals surface area contributed by atoms with Crippen molar-refractivity contribution >= 4 is 53.3 Å². The van der Waals surface area contributed by atoms with Gasteiger partial charge in [-0.1, -0.05) is 145 Å². The maximum Gasteiger partial charge on any atom is 0.164 e. The van der Waals surface area contributed by atoms with Gasteiger partial charge in [-0.3, -0.25) is 0 Å². The molecule has 0 saturated heterocycles. The Bertz CT molecular complexity index is 3430. The molecule has 0 amide bonds. The largest absolute Gasteiger partial charge is 0.309 e. The minimum absolute atomic E-state index is 0.0146. The average Bonchev–Trinajstić information content (AvgIpc) is 3.86. The smallest absolute Gasteiger partial charge is 0.164 e. The molecule has 234 valence electrons. The summed E-state index contributed by atoms with van der Waals surface area (Å²) in [6.07, 6.45) is 0. The van der Waals surface area contributed by atoms with E-state index in [0.29, 0.717) is 26.6 Å². The molecule has 10 rings (SSSR count). The first kappa shape index (κ1) is 18.9. The molecule has 0 radical (unpaired) electrons. The number of nitrogens with zero attached hydrogens (tertiary/aromatic N) is 4. The Balaban J connectivity index is 1.39. The zero-order chi connectivity index (χ0) is 43.5. The van der Waals surface area contributed by atoms with Gasteiger partial charge in [0.1, 0.15) is 0 Å². The van der Waals surface area contributed by atoms with E-state index in [9.17, 15) is 4.11 Å². The van der Waals surface area contributed by atoms with Crippen LogP contribution < -0.4 is 0 Å². The van der Waals surface area contributed by atoms with Crippen LogP contribution in [0, 0.1) is 0 Å². The average molecular weight is 669 g/mol. The normalized spacial score (nSPS) is 15.0. The Morgan fingerprint density at radius 1 is 0.460 bits per heavy atom. The Kier molecular flexibility index (Phi) is 4.40. The van der Waals surface area contributed by atoms with Gasteiger partial charge in [0.2, 0.25) is 0 Å². The summed E-state index contributed by atoms with van der Waals surface area (Å²) < 4.78 is 109. The van der Waals surface area contributed by atoms with Crippen molar-refractivity contribution in [1.82, 2.24) is 19.5 Å². The van der Waals surface area contributed by atoms with Gasteiger partial charge in [-0.05, 0) is 24.2 Å². The van der Waals surface area contributed by atoms with E-state index in [-0.39, 0.29) is 122 Å². The van der Waals surface area contributed by atoms with Crippen molar-refractivity contribution in [2.75, 3.05) is 0 Å². The predicted octanol–water partition coefficient (Wildman–Crippen LogP) is 12.0. The summed E-state index contributed by atoms with van der Waals surface area (Å²) >= 11 is 1.06. The molecule has 0 bridgehead atoms. The minimum Gasteiger partial charge on any atom is -0.309 e. The van der Waals surface area contributed by atoms with Crippen LogP contribution in [0.15, 0.2) is 170 Å². The lowest BCUT2D eigenvalue weighted by Gasteiger charge is -2.17. The van der Waals surface area contributed by atoms with Crippen LogP contribution in [0.2, 0.25) is 0 Å². The standard InChI is InChI=1S/C45H28N4S/c1-3-14-29(15-4-1)43-46-44(30-16-5-2-6-17-30)48-45(47-43)31-26-27-34(36-21-13-22-37-35-20-9-12-25-41(35)50-42(36)37)40(28-31)49-38-23-10-7-18-32(38)33-19-8-11-24-39(33)49/h1-28H/i7D,8D,9D,13D,18D,19D,20D,21D,22D,23D,24D,25D. The van der Waals surface area contributed by atoms with Crippen molar-refractivity contribution in [2.24, 2.45) is 0 Å². The van der Waals surface area contributed by atoms with Gasteiger partial charge in [0.25, 0.3) is 0 Å². The van der Waals surface area contributed by atoms with E-state index < -0.39 is 6.04 Å². The van der Waals surface area contributed by atoms with Crippen LogP contribution in [-0.2, 0) is 0 Å². The molecule has 0 aliphatic rings. The minimum atomic E-state index is -0.467. The lowest BCUT2D eigenvalue weighted by atomic mass is 9.98. The van der Waals surface area contributed by atoms with E-state index in [1.807, 2.05) is 60.7 Å². The van der Waals surface area contributed by atoms with Gasteiger partial charge in [0.15, 0.2) is 17.5 Å². The lowest BCUT2D eigenvalue weighted by Crippen LogP contribution is -2.02. The van der Waals surface area contributed by atoms with Gasteiger partial charge in [-0.15, -0.1) is 11.3 Å². The van der Waals surface area contributed by atoms with Crippen LogP contribution in [0.4, 0.5) is 0 Å². The number of thiophene rings is 1. The SMILES string of the molecule is [2H]c1cc([2H])c2sc3c(-c4ccc(-c5nc(-c6ccccc6)nc(-c6ccccc6)n5)cc4-n4c5c([2H])cc([2H])c([2H])c5c5c([2H])c([2H])cc([2H])c54)c([2H])c([2H])c([2H])c3c2c1[2H]. The highest BCUT2D eigenvalue weighted by Gasteiger charge is 2.20. The molecule has 0 spiro atoms. The van der Waals surface area contributed by atoms with Crippen molar-refractivity contribution in [2.45, 2.75) is 0 Å². The number of rotatable bonds is 5. The van der Waals surface area contributed by atoms with Crippen LogP contribution >= 0.6 is 11.3 Å². The molecule has 0 atom stereocenters. The third kappa shape index (κ3) is 4.63. The van der Waals surface area contributed by atoms with Crippen LogP contribution in [0.5, 0.6) is 0 Å². The summed E-state index contributed by atoms with van der Waals surface area (Å²) in [7, 11) is 0. The number of aromatic nitrogens is 4. The molecule has 4 nitrogen and oxygen atoms in total. The van der Waals surface area contributed by atoms with E-state index in [4.69, 9.17) is 27.3 Å². The molecule has 0 N–H and O–H groups in total. The highest BCUT2D eigenvalue weighted by Crippen LogP contribution is 2.44. The molecular weight excluding hydrogens is 629 g/mol. The summed E-state index contributed by atoms with van der Waals surface area (Å²) in [6.45, 7) is 0. The predicted molar refractivity (Wildman–Crippen MR) is 209 cm³/mol. The second-order valence-corrected chi connectivity index (χ2v) is 12.5. The molecule has 0 fully saturated rings. The Labute approximate surface area is 309 Å². The van der Waals surface area contributed by atoms with Crippen LogP contribution in [0.1, 0.15) is 16.4 Å². The zero-order valence-electron chi connectivity index (χ0n) is 37.9. The first-order valence-electron chi connectivity index (χ1n) is 21.7. The van der Waals surface area contributed by atoms with E-state index in [1.54, 1.807) is 18.2 Å². The van der Waals surface area contributed by atoms with Crippen molar-refractivity contribution in [3.8, 4) is 51.0 Å². The summed E-state index contributed by atoms with van der Waals surface area (Å²) in [5.41, 5.74) is 2.56. The van der Waals surface area contributed by atoms with E-state index in [2.05, 4.69) is 0 Å². The van der Waals surface area contributed by atoms with Crippen LogP contribution in [0.25, 0.3) is 93.0 Å². The van der Waals surface area contributed by atoms with E-state index >= 15 is 0 Å². The van der Waals surface area contributed by atoms with Crippen molar-refractivity contribution in [1.29, 1.82) is 0 Å². The molecule has 3 heterocycles. The summed E-state index contributed by atoms with van der Waals surface area (Å²) in [6, 6.07) is 24.1. The van der Waals surface area contributed by atoms with Crippen molar-refractivity contribution in [3.63, 3.8) is 0 Å². The lowest BCUT2D eigenvalue weighted by molar-refractivity contribution is 1.07. The molecule has 0 saturated carbocycles. The molecule has 3 aromatic heterocycles. The van der Waals surface area contributed by atoms with Gasteiger partial charge < -0.3 is 4.57 Å². The van der Waals surface area contributed by atoms with E-state index in [0.717, 1.165) is 22.5 Å². The second-order valence-electron chi connectivity index (χ2n) is 11.5.